The van der Waals surface area contributed by atoms with Gasteiger partial charge in [-0.3, -0.25) is 4.68 Å². The van der Waals surface area contributed by atoms with Crippen LogP contribution in [0.15, 0.2) is 37.0 Å². The van der Waals surface area contributed by atoms with Crippen LogP contribution in [0.5, 0.6) is 0 Å². The van der Waals surface area contributed by atoms with Crippen molar-refractivity contribution in [2.75, 3.05) is 0 Å². The molecule has 0 fully saturated rings. The summed E-state index contributed by atoms with van der Waals surface area (Å²) in [6.07, 6.45) is 0.895. The average Bonchev–Trinajstić information content (AvgIpc) is 3.16. The second-order valence-corrected chi connectivity index (χ2v) is 6.56. The van der Waals surface area contributed by atoms with Gasteiger partial charge in [-0.05, 0) is 32.0 Å². The summed E-state index contributed by atoms with van der Waals surface area (Å²) in [4.78, 5) is 0. The first-order valence-electron chi connectivity index (χ1n) is 7.97. The molecule has 0 aliphatic rings. The summed E-state index contributed by atoms with van der Waals surface area (Å²) in [5, 5.41) is 19.1. The van der Waals surface area contributed by atoms with E-state index in [4.69, 9.17) is 23.2 Å². The van der Waals surface area contributed by atoms with Crippen molar-refractivity contribution >= 4 is 28.8 Å². The maximum absolute atomic E-state index is 13.6. The van der Waals surface area contributed by atoms with E-state index in [1.165, 1.54) is 22.9 Å². The van der Waals surface area contributed by atoms with Gasteiger partial charge in [-0.25, -0.2) is 9.07 Å². The van der Waals surface area contributed by atoms with Gasteiger partial charge in [0.1, 0.15) is 5.82 Å². The van der Waals surface area contributed by atoms with Crippen molar-refractivity contribution in [3.05, 3.63) is 70.0 Å². The fraction of sp³-hybridized carbons (Fsp3) is 0.222. The summed E-state index contributed by atoms with van der Waals surface area (Å²) < 4.78 is 16.9. The van der Waals surface area contributed by atoms with E-state index in [0.29, 0.717) is 39.8 Å². The van der Waals surface area contributed by atoms with E-state index < -0.39 is 11.9 Å². The number of aryl methyl sites for hydroxylation is 1. The maximum atomic E-state index is 13.6. The Morgan fingerprint density at radius 2 is 2.04 bits per heavy atom. The zero-order valence-electron chi connectivity index (χ0n) is 14.2. The predicted octanol–water partition coefficient (Wildman–Crippen LogP) is 4.65. The number of hydrogen-bond donors (Lipinski definition) is 1. The topological polar surface area (TPSA) is 55.9 Å². The lowest BCUT2D eigenvalue weighted by Crippen LogP contribution is -2.08. The van der Waals surface area contributed by atoms with Gasteiger partial charge in [-0.15, -0.1) is 0 Å². The molecule has 1 N–H and O–H groups in total. The Balaban J connectivity index is 2.15. The fourth-order valence-electron chi connectivity index (χ4n) is 2.70. The van der Waals surface area contributed by atoms with E-state index in [1.54, 1.807) is 23.9 Å². The lowest BCUT2D eigenvalue weighted by atomic mass is 10.1. The lowest BCUT2D eigenvalue weighted by Gasteiger charge is -2.15. The number of nitrogens with zero attached hydrogens (tertiary/aromatic N) is 4. The number of aliphatic hydroxyl groups excluding tert-OH is 1. The molecule has 0 radical (unpaired) electrons. The highest BCUT2D eigenvalue weighted by molar-refractivity contribution is 6.31. The monoisotopic (exact) mass is 394 g/mol. The lowest BCUT2D eigenvalue weighted by molar-refractivity contribution is 0.198. The molecule has 26 heavy (non-hydrogen) atoms. The molecular weight excluding hydrogens is 378 g/mol. The summed E-state index contributed by atoms with van der Waals surface area (Å²) in [6.45, 7) is 8.27. The van der Waals surface area contributed by atoms with Gasteiger partial charge in [0, 0.05) is 35.5 Å². The molecule has 1 atom stereocenters. The highest BCUT2D eigenvalue weighted by atomic mass is 35.5. The highest BCUT2D eigenvalue weighted by Crippen LogP contribution is 2.32. The first-order chi connectivity index (χ1) is 12.3. The van der Waals surface area contributed by atoms with E-state index >= 15 is 0 Å². The Hall–Kier alpha value is -2.15. The van der Waals surface area contributed by atoms with Crippen LogP contribution in [-0.2, 0) is 6.54 Å². The largest absolute Gasteiger partial charge is 0.389 e. The zero-order chi connectivity index (χ0) is 19.0. The molecule has 0 bridgehead atoms. The van der Waals surface area contributed by atoms with Crippen molar-refractivity contribution in [3.8, 4) is 5.69 Å². The van der Waals surface area contributed by atoms with Crippen molar-refractivity contribution in [2.24, 2.45) is 0 Å². The molecule has 0 amide bonds. The minimum absolute atomic E-state index is 0.237. The van der Waals surface area contributed by atoms with E-state index in [-0.39, 0.29) is 5.15 Å². The molecule has 0 saturated carbocycles. The third-order valence-corrected chi connectivity index (χ3v) is 4.49. The molecule has 1 aromatic carbocycles. The number of hydrogen-bond acceptors (Lipinski definition) is 3. The number of aliphatic hydroxyl groups is 1. The third kappa shape index (κ3) is 3.40. The van der Waals surface area contributed by atoms with E-state index in [2.05, 4.69) is 16.8 Å². The summed E-state index contributed by atoms with van der Waals surface area (Å²) in [5.74, 6) is -0.449. The van der Waals surface area contributed by atoms with Gasteiger partial charge < -0.3 is 5.11 Å². The van der Waals surface area contributed by atoms with Gasteiger partial charge in [-0.1, -0.05) is 29.8 Å². The second kappa shape index (κ2) is 7.23. The van der Waals surface area contributed by atoms with Gasteiger partial charge in [0.15, 0.2) is 10.3 Å². The van der Waals surface area contributed by atoms with Crippen LogP contribution in [0, 0.1) is 5.82 Å². The normalized spacial score (nSPS) is 12.4. The summed E-state index contributed by atoms with van der Waals surface area (Å²) >= 11 is 12.4. The molecule has 3 rings (SSSR count). The first kappa shape index (κ1) is 18.6. The van der Waals surface area contributed by atoms with E-state index in [0.717, 1.165) is 0 Å². The smallest absolute Gasteiger partial charge is 0.158 e. The van der Waals surface area contributed by atoms with Crippen LogP contribution in [0.1, 0.15) is 36.8 Å². The molecule has 2 heterocycles. The quantitative estimate of drug-likeness (QED) is 0.684. The molecular formula is C18H17Cl2FN4O. The molecule has 0 aliphatic carbocycles. The molecule has 0 saturated heterocycles. The van der Waals surface area contributed by atoms with Crippen LogP contribution < -0.4 is 0 Å². The van der Waals surface area contributed by atoms with Crippen LogP contribution in [0.3, 0.4) is 0 Å². The molecule has 3 aromatic rings. The van der Waals surface area contributed by atoms with Gasteiger partial charge in [0.25, 0.3) is 0 Å². The molecule has 8 heteroatoms. The zero-order valence-corrected chi connectivity index (χ0v) is 15.8. The van der Waals surface area contributed by atoms with Crippen LogP contribution in [0.4, 0.5) is 4.39 Å². The molecule has 0 unspecified atom stereocenters. The standard InChI is InChI=1S/C18H17Cl2FN4O/c1-4-24-9-14(18(20)23-24)10(2)16-8-17(19)22-25(16)15-6-5-12(21)7-13(15)11(3)26/h5-9,11,26H,2,4H2,1,3H3/t11-/m1/s1. The van der Waals surface area contributed by atoms with E-state index in [1.807, 2.05) is 6.92 Å². The Labute approximate surface area is 160 Å². The minimum atomic E-state index is -0.892. The van der Waals surface area contributed by atoms with Gasteiger partial charge in [0.05, 0.1) is 17.5 Å². The van der Waals surface area contributed by atoms with Crippen molar-refractivity contribution in [1.82, 2.24) is 19.6 Å². The fourth-order valence-corrected chi connectivity index (χ4v) is 3.14. The Morgan fingerprint density at radius 3 is 2.65 bits per heavy atom. The number of halogens is 3. The average molecular weight is 395 g/mol. The second-order valence-electron chi connectivity index (χ2n) is 5.81. The summed E-state index contributed by atoms with van der Waals surface area (Å²) in [6, 6.07) is 5.74. The number of aromatic nitrogens is 4. The van der Waals surface area contributed by atoms with Gasteiger partial charge >= 0.3 is 0 Å². The van der Waals surface area contributed by atoms with Crippen LogP contribution in [0.25, 0.3) is 11.3 Å². The Kier molecular flexibility index (Phi) is 5.18. The van der Waals surface area contributed by atoms with Crippen molar-refractivity contribution < 1.29 is 9.50 Å². The van der Waals surface area contributed by atoms with Gasteiger partial charge in [-0.2, -0.15) is 10.2 Å². The van der Waals surface area contributed by atoms with Crippen LogP contribution in [-0.4, -0.2) is 24.7 Å². The molecule has 2 aromatic heterocycles. The maximum Gasteiger partial charge on any atom is 0.158 e. The number of rotatable bonds is 5. The van der Waals surface area contributed by atoms with Gasteiger partial charge in [0.2, 0.25) is 0 Å². The third-order valence-electron chi connectivity index (χ3n) is 4.02. The first-order valence-corrected chi connectivity index (χ1v) is 8.73. The molecule has 136 valence electrons. The number of benzene rings is 1. The Bertz CT molecular complexity index is 978. The predicted molar refractivity (Wildman–Crippen MR) is 100 cm³/mol. The van der Waals surface area contributed by atoms with Crippen molar-refractivity contribution in [2.45, 2.75) is 26.5 Å². The molecule has 0 spiro atoms. The van der Waals surface area contributed by atoms with Crippen molar-refractivity contribution in [1.29, 1.82) is 0 Å². The minimum Gasteiger partial charge on any atom is -0.389 e. The van der Waals surface area contributed by atoms with E-state index in [9.17, 15) is 9.50 Å². The van der Waals surface area contributed by atoms with Crippen molar-refractivity contribution in [3.63, 3.8) is 0 Å². The van der Waals surface area contributed by atoms with Crippen LogP contribution in [0.2, 0.25) is 10.3 Å². The van der Waals surface area contributed by atoms with Crippen LogP contribution >= 0.6 is 23.2 Å². The Morgan fingerprint density at radius 1 is 1.31 bits per heavy atom. The summed E-state index contributed by atoms with van der Waals surface area (Å²) in [7, 11) is 0. The SMILES string of the molecule is C=C(c1cn(CC)nc1Cl)c1cc(Cl)nn1-c1ccc(F)cc1[C@@H](C)O. The molecule has 5 nitrogen and oxygen atoms in total. The molecule has 0 aliphatic heterocycles. The highest BCUT2D eigenvalue weighted by Gasteiger charge is 2.20. The summed E-state index contributed by atoms with van der Waals surface area (Å²) in [5.41, 5.74) is 2.67.